The maximum atomic E-state index is 9.86. The molecule has 3 N–H and O–H groups in total. The molecule has 7 nitrogen and oxygen atoms in total. The summed E-state index contributed by atoms with van der Waals surface area (Å²) in [6.07, 6.45) is 13.0. The molecule has 200 valence electrons. The van der Waals surface area contributed by atoms with Gasteiger partial charge in [0.2, 0.25) is 0 Å². The van der Waals surface area contributed by atoms with Gasteiger partial charge in [0.05, 0.1) is 22.6 Å². The monoisotopic (exact) mass is 519 g/mol. The molecule has 0 saturated carbocycles. The first kappa shape index (κ1) is 26.6. The molecule has 7 heteroatoms. The highest BCUT2D eigenvalue weighted by atomic mass is 15.1. The van der Waals surface area contributed by atoms with Crippen molar-refractivity contribution >= 4 is 34.4 Å². The lowest BCUT2D eigenvalue weighted by molar-refractivity contribution is 0.284. The molecule has 0 spiro atoms. The van der Waals surface area contributed by atoms with Crippen molar-refractivity contribution in [3.8, 4) is 6.07 Å². The number of likely N-dealkylation sites (tertiary alicyclic amines) is 1. The van der Waals surface area contributed by atoms with Gasteiger partial charge in [-0.25, -0.2) is 0 Å². The van der Waals surface area contributed by atoms with E-state index >= 15 is 0 Å². The van der Waals surface area contributed by atoms with Gasteiger partial charge in [-0.2, -0.15) is 5.26 Å². The van der Waals surface area contributed by atoms with E-state index in [1.54, 1.807) is 6.20 Å². The first-order valence-electron chi connectivity index (χ1n) is 13.9. The Morgan fingerprint density at radius 3 is 2.72 bits per heavy atom. The molecule has 0 amide bonds. The van der Waals surface area contributed by atoms with E-state index < -0.39 is 0 Å². The van der Waals surface area contributed by atoms with Gasteiger partial charge in [-0.1, -0.05) is 18.9 Å². The van der Waals surface area contributed by atoms with Gasteiger partial charge in [0.1, 0.15) is 6.07 Å². The topological polar surface area (TPSA) is 92.7 Å². The first-order chi connectivity index (χ1) is 19.1. The minimum atomic E-state index is 0.504. The lowest BCUT2D eigenvalue weighted by atomic mass is 10.0. The molecule has 1 aromatic carbocycles. The van der Waals surface area contributed by atoms with Crippen molar-refractivity contribution in [3.05, 3.63) is 82.6 Å². The smallest absolute Gasteiger partial charge is 0.103 e. The number of H-pyrrole nitrogens is 1. The summed E-state index contributed by atoms with van der Waals surface area (Å²) in [4.78, 5) is 15.2. The van der Waals surface area contributed by atoms with Crippen LogP contribution in [0.5, 0.6) is 0 Å². The second-order valence-corrected chi connectivity index (χ2v) is 10.3. The summed E-state index contributed by atoms with van der Waals surface area (Å²) in [5, 5.41) is 18.1. The van der Waals surface area contributed by atoms with Gasteiger partial charge >= 0.3 is 0 Å². The Morgan fingerprint density at radius 1 is 1.05 bits per heavy atom. The third kappa shape index (κ3) is 6.54. The standard InChI is InChI=1S/C32H37N7/c1-23-28-14-15-35-31(28)13-12-30(23)38-32-25(20-33)21-36-24(2)29(32)11-10-26-8-7-9-27(37-26)22-34-16-19-39-17-5-3-4-6-18-39/h7-15,21,34-35H,3-6,16-19,22H2,1-2H3,(H,36,38)/b11-10+. The van der Waals surface area contributed by atoms with Crippen LogP contribution in [0.15, 0.2) is 48.8 Å². The highest BCUT2D eigenvalue weighted by Crippen LogP contribution is 2.32. The fourth-order valence-corrected chi connectivity index (χ4v) is 5.27. The lowest BCUT2D eigenvalue weighted by Crippen LogP contribution is -2.32. The number of nitriles is 1. The molecule has 0 aliphatic carbocycles. The van der Waals surface area contributed by atoms with E-state index in [1.165, 1.54) is 38.8 Å². The van der Waals surface area contributed by atoms with E-state index in [0.717, 1.165) is 70.1 Å². The number of nitrogens with zero attached hydrogens (tertiary/aromatic N) is 4. The van der Waals surface area contributed by atoms with Gasteiger partial charge in [-0.15, -0.1) is 0 Å². The third-order valence-electron chi connectivity index (χ3n) is 7.56. The quantitative estimate of drug-likeness (QED) is 0.224. The summed E-state index contributed by atoms with van der Waals surface area (Å²) >= 11 is 0. The molecule has 0 atom stereocenters. The summed E-state index contributed by atoms with van der Waals surface area (Å²) in [5.74, 6) is 0. The number of aromatic nitrogens is 3. The number of aromatic amines is 1. The van der Waals surface area contributed by atoms with E-state index in [2.05, 4.69) is 56.7 Å². The fraction of sp³-hybridized carbons (Fsp3) is 0.344. The normalized spacial score (nSPS) is 14.5. The zero-order valence-corrected chi connectivity index (χ0v) is 22.9. The molecule has 0 bridgehead atoms. The number of anilines is 2. The molecule has 39 heavy (non-hydrogen) atoms. The van der Waals surface area contributed by atoms with Crippen molar-refractivity contribution < 1.29 is 0 Å². The molecular formula is C32H37N7. The average Bonchev–Trinajstić information content (AvgIpc) is 3.29. The number of fused-ring (bicyclic) bond motifs is 1. The van der Waals surface area contributed by atoms with Gasteiger partial charge in [0.25, 0.3) is 0 Å². The van der Waals surface area contributed by atoms with Crippen molar-refractivity contribution in [1.29, 1.82) is 5.26 Å². The summed E-state index contributed by atoms with van der Waals surface area (Å²) in [5.41, 5.74) is 8.05. The van der Waals surface area contributed by atoms with E-state index in [1.807, 2.05) is 43.5 Å². The Bertz CT molecular complexity index is 1490. The van der Waals surface area contributed by atoms with Gasteiger partial charge in [0.15, 0.2) is 0 Å². The van der Waals surface area contributed by atoms with Crippen LogP contribution in [0.2, 0.25) is 0 Å². The van der Waals surface area contributed by atoms with Crippen molar-refractivity contribution in [2.24, 2.45) is 0 Å². The Hall–Kier alpha value is -3.99. The van der Waals surface area contributed by atoms with Crippen molar-refractivity contribution in [1.82, 2.24) is 25.2 Å². The van der Waals surface area contributed by atoms with Crippen LogP contribution >= 0.6 is 0 Å². The number of nitrogens with one attached hydrogen (secondary N) is 3. The van der Waals surface area contributed by atoms with Crippen LogP contribution in [-0.2, 0) is 6.54 Å². The number of pyridine rings is 2. The zero-order chi connectivity index (χ0) is 27.0. The Balaban J connectivity index is 1.30. The predicted molar refractivity (Wildman–Crippen MR) is 160 cm³/mol. The highest BCUT2D eigenvalue weighted by Gasteiger charge is 2.14. The van der Waals surface area contributed by atoms with Gasteiger partial charge in [-0.05, 0) is 87.8 Å². The molecular weight excluding hydrogens is 482 g/mol. The summed E-state index contributed by atoms with van der Waals surface area (Å²) in [7, 11) is 0. The van der Waals surface area contributed by atoms with Gasteiger partial charge in [-0.3, -0.25) is 9.97 Å². The molecule has 0 radical (unpaired) electrons. The van der Waals surface area contributed by atoms with Crippen LogP contribution in [0.3, 0.4) is 0 Å². The highest BCUT2D eigenvalue weighted by molar-refractivity contribution is 5.90. The number of hydrogen-bond donors (Lipinski definition) is 3. The Kier molecular flexibility index (Phi) is 8.67. The fourth-order valence-electron chi connectivity index (χ4n) is 5.27. The van der Waals surface area contributed by atoms with Gasteiger partial charge < -0.3 is 20.5 Å². The average molecular weight is 520 g/mol. The van der Waals surface area contributed by atoms with Crippen molar-refractivity contribution in [3.63, 3.8) is 0 Å². The SMILES string of the molecule is Cc1ncc(C#N)c(Nc2ccc3[nH]ccc3c2C)c1/C=C/c1cccc(CNCCN2CCCCCC2)n1. The van der Waals surface area contributed by atoms with Crippen LogP contribution in [-0.4, -0.2) is 46.0 Å². The lowest BCUT2D eigenvalue weighted by Gasteiger charge is -2.19. The van der Waals surface area contributed by atoms with Crippen LogP contribution in [0.1, 0.15) is 59.5 Å². The minimum Gasteiger partial charge on any atom is -0.361 e. The van der Waals surface area contributed by atoms with Crippen molar-refractivity contribution in [2.45, 2.75) is 46.1 Å². The van der Waals surface area contributed by atoms with E-state index in [-0.39, 0.29) is 0 Å². The maximum Gasteiger partial charge on any atom is 0.103 e. The molecule has 4 aromatic rings. The largest absolute Gasteiger partial charge is 0.361 e. The van der Waals surface area contributed by atoms with Crippen LogP contribution in [0.25, 0.3) is 23.1 Å². The van der Waals surface area contributed by atoms with Crippen LogP contribution in [0.4, 0.5) is 11.4 Å². The molecule has 1 aliphatic heterocycles. The van der Waals surface area contributed by atoms with Gasteiger partial charge in [0, 0.05) is 59.9 Å². The number of benzene rings is 1. The zero-order valence-electron chi connectivity index (χ0n) is 22.9. The number of aryl methyl sites for hydroxylation is 2. The summed E-state index contributed by atoms with van der Waals surface area (Å²) < 4.78 is 0. The maximum absolute atomic E-state index is 9.86. The molecule has 3 aromatic heterocycles. The molecule has 4 heterocycles. The Morgan fingerprint density at radius 2 is 1.90 bits per heavy atom. The summed E-state index contributed by atoms with van der Waals surface area (Å²) in [6, 6.07) is 14.6. The van der Waals surface area contributed by atoms with E-state index in [4.69, 9.17) is 4.98 Å². The van der Waals surface area contributed by atoms with E-state index in [0.29, 0.717) is 5.56 Å². The number of hydrogen-bond acceptors (Lipinski definition) is 6. The predicted octanol–water partition coefficient (Wildman–Crippen LogP) is 6.33. The third-order valence-corrected chi connectivity index (χ3v) is 7.56. The molecule has 1 saturated heterocycles. The second-order valence-electron chi connectivity index (χ2n) is 10.3. The molecule has 1 aliphatic rings. The van der Waals surface area contributed by atoms with Crippen molar-refractivity contribution in [2.75, 3.05) is 31.5 Å². The molecule has 1 fully saturated rings. The molecule has 5 rings (SSSR count). The van der Waals surface area contributed by atoms with Crippen LogP contribution in [0, 0.1) is 25.2 Å². The first-order valence-corrected chi connectivity index (χ1v) is 13.9. The van der Waals surface area contributed by atoms with Crippen LogP contribution < -0.4 is 10.6 Å². The summed E-state index contributed by atoms with van der Waals surface area (Å²) in [6.45, 7) is 9.30. The van der Waals surface area contributed by atoms with E-state index in [9.17, 15) is 5.26 Å². The molecule has 0 unspecified atom stereocenters. The Labute approximate surface area is 231 Å². The number of rotatable bonds is 9. The minimum absolute atomic E-state index is 0.504. The second kappa shape index (κ2) is 12.7.